The van der Waals surface area contributed by atoms with Crippen LogP contribution in [0.4, 0.5) is 0 Å². The molecule has 172 valence electrons. The molecule has 1 aliphatic heterocycles. The minimum absolute atomic E-state index is 0.393. The van der Waals surface area contributed by atoms with Gasteiger partial charge >= 0.3 is 0 Å². The Morgan fingerprint density at radius 1 is 1.09 bits per heavy atom. The third-order valence-electron chi connectivity index (χ3n) is 6.43. The molecule has 0 saturated carbocycles. The Bertz CT molecular complexity index is 1180. The average molecular weight is 443 g/mol. The highest BCUT2D eigenvalue weighted by Gasteiger charge is 2.25. The van der Waals surface area contributed by atoms with Gasteiger partial charge in [-0.1, -0.05) is 43.7 Å². The molecule has 1 heterocycles. The highest BCUT2D eigenvalue weighted by molar-refractivity contribution is 5.76. The quantitative estimate of drug-likeness (QED) is 0.401. The smallest absolute Gasteiger partial charge is 0.126 e. The van der Waals surface area contributed by atoms with E-state index in [2.05, 4.69) is 50.8 Å². The SMILES string of the molecule is C=C(C)CC1COc2cc(OCc3cccc(-c4c(C)cc(O)c5c4CC5)c3)ccc21.CC. The van der Waals surface area contributed by atoms with Crippen LogP contribution in [0, 0.1) is 6.92 Å². The second-order valence-electron chi connectivity index (χ2n) is 8.90. The fourth-order valence-corrected chi connectivity index (χ4v) is 4.86. The monoisotopic (exact) mass is 442 g/mol. The number of ether oxygens (including phenoxy) is 2. The molecule has 0 bridgehead atoms. The highest BCUT2D eigenvalue weighted by atomic mass is 16.5. The predicted molar refractivity (Wildman–Crippen MR) is 135 cm³/mol. The van der Waals surface area contributed by atoms with Gasteiger partial charge in [0.25, 0.3) is 0 Å². The number of hydrogen-bond acceptors (Lipinski definition) is 3. The number of fused-ring (bicyclic) bond motifs is 2. The van der Waals surface area contributed by atoms with E-state index >= 15 is 0 Å². The molecule has 3 aromatic rings. The van der Waals surface area contributed by atoms with Crippen molar-refractivity contribution in [2.75, 3.05) is 6.61 Å². The minimum Gasteiger partial charge on any atom is -0.508 e. The van der Waals surface area contributed by atoms with E-state index in [0.717, 1.165) is 47.5 Å². The zero-order valence-corrected chi connectivity index (χ0v) is 20.2. The molecule has 0 saturated heterocycles. The Kier molecular flexibility index (Phi) is 6.78. The third-order valence-corrected chi connectivity index (χ3v) is 6.43. The Balaban J connectivity index is 0.00000126. The Labute approximate surface area is 197 Å². The molecule has 3 nitrogen and oxygen atoms in total. The summed E-state index contributed by atoms with van der Waals surface area (Å²) in [6, 6.07) is 16.6. The molecule has 2 aliphatic rings. The van der Waals surface area contributed by atoms with Gasteiger partial charge in [-0.25, -0.2) is 0 Å². The first-order valence-corrected chi connectivity index (χ1v) is 12.0. The molecule has 0 radical (unpaired) electrons. The molecular weight excluding hydrogens is 408 g/mol. The molecular formula is C30H34O3. The average Bonchev–Trinajstić information content (AvgIpc) is 3.17. The van der Waals surface area contributed by atoms with E-state index in [1.54, 1.807) is 0 Å². The molecule has 1 atom stereocenters. The molecule has 3 heteroatoms. The van der Waals surface area contributed by atoms with Gasteiger partial charge in [-0.15, -0.1) is 6.58 Å². The fourth-order valence-electron chi connectivity index (χ4n) is 4.86. The first-order valence-electron chi connectivity index (χ1n) is 12.0. The lowest BCUT2D eigenvalue weighted by Crippen LogP contribution is -2.11. The van der Waals surface area contributed by atoms with Crippen molar-refractivity contribution in [1.29, 1.82) is 0 Å². The van der Waals surface area contributed by atoms with Gasteiger partial charge in [-0.3, -0.25) is 0 Å². The van der Waals surface area contributed by atoms with Crippen LogP contribution in [0.15, 0.2) is 60.7 Å². The zero-order chi connectivity index (χ0) is 23.5. The highest BCUT2D eigenvalue weighted by Crippen LogP contribution is 2.42. The van der Waals surface area contributed by atoms with Crippen LogP contribution >= 0.6 is 0 Å². The van der Waals surface area contributed by atoms with Crippen LogP contribution < -0.4 is 9.47 Å². The lowest BCUT2D eigenvalue weighted by Gasteiger charge is -2.26. The van der Waals surface area contributed by atoms with Gasteiger partial charge in [0, 0.05) is 17.5 Å². The van der Waals surface area contributed by atoms with E-state index in [1.165, 1.54) is 27.8 Å². The molecule has 0 aromatic heterocycles. The van der Waals surface area contributed by atoms with Gasteiger partial charge < -0.3 is 14.6 Å². The third kappa shape index (κ3) is 4.64. The summed E-state index contributed by atoms with van der Waals surface area (Å²) < 4.78 is 12.0. The summed E-state index contributed by atoms with van der Waals surface area (Å²) in [5.74, 6) is 2.58. The minimum atomic E-state index is 0.393. The van der Waals surface area contributed by atoms with Crippen molar-refractivity contribution < 1.29 is 14.6 Å². The fraction of sp³-hybridized carbons (Fsp3) is 0.333. The maximum absolute atomic E-state index is 10.2. The van der Waals surface area contributed by atoms with Crippen LogP contribution in [-0.4, -0.2) is 11.7 Å². The van der Waals surface area contributed by atoms with Crippen molar-refractivity contribution in [1.82, 2.24) is 0 Å². The Morgan fingerprint density at radius 2 is 1.88 bits per heavy atom. The van der Waals surface area contributed by atoms with Gasteiger partial charge in [0.05, 0.1) is 6.61 Å². The van der Waals surface area contributed by atoms with Gasteiger partial charge in [-0.2, -0.15) is 0 Å². The molecule has 0 fully saturated rings. The molecule has 1 aliphatic carbocycles. The summed E-state index contributed by atoms with van der Waals surface area (Å²) in [7, 11) is 0. The van der Waals surface area contributed by atoms with E-state index in [0.29, 0.717) is 24.9 Å². The lowest BCUT2D eigenvalue weighted by atomic mass is 9.79. The first kappa shape index (κ1) is 23.0. The number of allylic oxidation sites excluding steroid dienone is 1. The van der Waals surface area contributed by atoms with Crippen LogP contribution in [0.1, 0.15) is 60.9 Å². The number of benzene rings is 3. The van der Waals surface area contributed by atoms with Crippen LogP contribution in [0.2, 0.25) is 0 Å². The van der Waals surface area contributed by atoms with E-state index in [1.807, 2.05) is 32.0 Å². The van der Waals surface area contributed by atoms with Gasteiger partial charge in [0.1, 0.15) is 23.9 Å². The summed E-state index contributed by atoms with van der Waals surface area (Å²) in [5.41, 5.74) is 9.51. The summed E-state index contributed by atoms with van der Waals surface area (Å²) in [4.78, 5) is 0. The standard InChI is InChI=1S/C28H28O3.C2H6/c1-17(2)11-21-16-31-27-14-22(7-8-23(21)27)30-15-19-5-4-6-20(13-19)28-18(3)12-26(29)24-9-10-25(24)28;1-2/h4-8,12-14,21,29H,1,9-11,15-16H2,2-3H3;1-2H3. The molecule has 5 rings (SSSR count). The Morgan fingerprint density at radius 3 is 2.61 bits per heavy atom. The normalized spacial score (nSPS) is 15.3. The van der Waals surface area contributed by atoms with Crippen LogP contribution in [0.25, 0.3) is 11.1 Å². The van der Waals surface area contributed by atoms with Crippen molar-refractivity contribution in [3.63, 3.8) is 0 Å². The molecule has 1 unspecified atom stereocenters. The number of rotatable bonds is 6. The maximum atomic E-state index is 10.2. The maximum Gasteiger partial charge on any atom is 0.126 e. The molecule has 3 aromatic carbocycles. The summed E-state index contributed by atoms with van der Waals surface area (Å²) in [5, 5.41) is 10.2. The van der Waals surface area contributed by atoms with Crippen molar-refractivity contribution in [3.8, 4) is 28.4 Å². The number of phenolic OH excluding ortho intramolecular Hbond substituents is 1. The second-order valence-corrected chi connectivity index (χ2v) is 8.90. The first-order chi connectivity index (χ1) is 16.0. The van der Waals surface area contributed by atoms with Crippen LogP contribution in [-0.2, 0) is 19.4 Å². The number of aromatic hydroxyl groups is 1. The zero-order valence-electron chi connectivity index (χ0n) is 20.2. The second kappa shape index (κ2) is 9.74. The lowest BCUT2D eigenvalue weighted by molar-refractivity contribution is 0.300. The van der Waals surface area contributed by atoms with Gasteiger partial charge in [0.15, 0.2) is 0 Å². The van der Waals surface area contributed by atoms with Crippen LogP contribution in [0.5, 0.6) is 17.2 Å². The van der Waals surface area contributed by atoms with E-state index in [9.17, 15) is 5.11 Å². The van der Waals surface area contributed by atoms with E-state index in [4.69, 9.17) is 9.47 Å². The molecule has 0 spiro atoms. The predicted octanol–water partition coefficient (Wildman–Crippen LogP) is 7.51. The largest absolute Gasteiger partial charge is 0.508 e. The summed E-state index contributed by atoms with van der Waals surface area (Å²) in [6.07, 6.45) is 2.95. The van der Waals surface area contributed by atoms with Gasteiger partial charge in [0.2, 0.25) is 0 Å². The van der Waals surface area contributed by atoms with Crippen molar-refractivity contribution in [2.45, 2.75) is 59.5 Å². The van der Waals surface area contributed by atoms with Crippen molar-refractivity contribution >= 4 is 0 Å². The van der Waals surface area contributed by atoms with Crippen LogP contribution in [0.3, 0.4) is 0 Å². The Hall–Kier alpha value is -3.20. The number of aryl methyl sites for hydroxylation is 1. The number of hydrogen-bond donors (Lipinski definition) is 1. The van der Waals surface area contributed by atoms with E-state index in [-0.39, 0.29) is 0 Å². The van der Waals surface area contributed by atoms with Crippen molar-refractivity contribution in [3.05, 3.63) is 88.5 Å². The van der Waals surface area contributed by atoms with E-state index < -0.39 is 0 Å². The number of phenols is 1. The molecule has 33 heavy (non-hydrogen) atoms. The summed E-state index contributed by atoms with van der Waals surface area (Å²) >= 11 is 0. The van der Waals surface area contributed by atoms with Crippen molar-refractivity contribution in [2.24, 2.45) is 0 Å². The molecule has 1 N–H and O–H groups in total. The topological polar surface area (TPSA) is 38.7 Å². The van der Waals surface area contributed by atoms with Gasteiger partial charge in [-0.05, 0) is 84.7 Å². The summed E-state index contributed by atoms with van der Waals surface area (Å²) in [6.45, 7) is 13.4. The molecule has 0 amide bonds.